The number of hydrogen-bond acceptors (Lipinski definition) is 3. The number of nitrogens with one attached hydrogen (secondary N) is 1. The van der Waals surface area contributed by atoms with Gasteiger partial charge in [-0.1, -0.05) is 0 Å². The quantitative estimate of drug-likeness (QED) is 0.844. The Morgan fingerprint density at radius 1 is 1.62 bits per heavy atom. The third-order valence-electron chi connectivity index (χ3n) is 2.32. The van der Waals surface area contributed by atoms with Crippen molar-refractivity contribution in [3.8, 4) is 0 Å². The lowest BCUT2D eigenvalue weighted by atomic mass is 10.3. The number of furan rings is 1. The predicted molar refractivity (Wildman–Crippen MR) is 57.5 cm³/mol. The lowest BCUT2D eigenvalue weighted by molar-refractivity contribution is -0.124. The molecule has 84 valence electrons. The van der Waals surface area contributed by atoms with Crippen molar-refractivity contribution in [3.63, 3.8) is 0 Å². The first-order valence-electron chi connectivity index (χ1n) is 5.06. The zero-order valence-corrected chi connectivity index (χ0v) is 8.96. The number of nitrogens with zero attached hydrogens (tertiary/aromatic N) is 2. The SMILES string of the molecule is C[C@@H](C(=O)NCc1ccco1)n1cccn1. The van der Waals surface area contributed by atoms with Crippen molar-refractivity contribution >= 4 is 5.91 Å². The lowest BCUT2D eigenvalue weighted by Crippen LogP contribution is -2.30. The Bertz CT molecular complexity index is 434. The normalized spacial score (nSPS) is 12.3. The molecule has 2 rings (SSSR count). The van der Waals surface area contributed by atoms with E-state index in [4.69, 9.17) is 4.42 Å². The van der Waals surface area contributed by atoms with E-state index in [9.17, 15) is 4.79 Å². The molecule has 5 nitrogen and oxygen atoms in total. The van der Waals surface area contributed by atoms with Crippen LogP contribution in [0.2, 0.25) is 0 Å². The molecule has 16 heavy (non-hydrogen) atoms. The maximum atomic E-state index is 11.7. The van der Waals surface area contributed by atoms with Crippen molar-refractivity contribution in [1.29, 1.82) is 0 Å². The van der Waals surface area contributed by atoms with E-state index in [2.05, 4.69) is 10.4 Å². The molecule has 0 bridgehead atoms. The summed E-state index contributed by atoms with van der Waals surface area (Å²) in [6.45, 7) is 2.20. The van der Waals surface area contributed by atoms with E-state index in [-0.39, 0.29) is 11.9 Å². The van der Waals surface area contributed by atoms with Crippen LogP contribution in [0, 0.1) is 0 Å². The summed E-state index contributed by atoms with van der Waals surface area (Å²) in [5.41, 5.74) is 0. The first-order chi connectivity index (χ1) is 7.77. The summed E-state index contributed by atoms with van der Waals surface area (Å²) in [5.74, 6) is 0.654. The fourth-order valence-corrected chi connectivity index (χ4v) is 1.36. The van der Waals surface area contributed by atoms with Crippen molar-refractivity contribution in [2.75, 3.05) is 0 Å². The van der Waals surface area contributed by atoms with Crippen LogP contribution in [0.25, 0.3) is 0 Å². The van der Waals surface area contributed by atoms with E-state index in [0.29, 0.717) is 6.54 Å². The van der Waals surface area contributed by atoms with Crippen LogP contribution in [-0.2, 0) is 11.3 Å². The van der Waals surface area contributed by atoms with Crippen LogP contribution in [0.5, 0.6) is 0 Å². The zero-order valence-electron chi connectivity index (χ0n) is 8.96. The molecule has 1 atom stereocenters. The van der Waals surface area contributed by atoms with E-state index >= 15 is 0 Å². The van der Waals surface area contributed by atoms with E-state index in [1.807, 2.05) is 6.07 Å². The minimum atomic E-state index is -0.315. The van der Waals surface area contributed by atoms with Gasteiger partial charge in [-0.3, -0.25) is 9.48 Å². The van der Waals surface area contributed by atoms with Crippen molar-refractivity contribution < 1.29 is 9.21 Å². The van der Waals surface area contributed by atoms with Gasteiger partial charge < -0.3 is 9.73 Å². The number of hydrogen-bond donors (Lipinski definition) is 1. The van der Waals surface area contributed by atoms with Crippen LogP contribution in [-0.4, -0.2) is 15.7 Å². The highest BCUT2D eigenvalue weighted by Gasteiger charge is 2.14. The molecule has 1 amide bonds. The fraction of sp³-hybridized carbons (Fsp3) is 0.273. The molecule has 0 aliphatic carbocycles. The predicted octanol–water partition coefficient (Wildman–Crippen LogP) is 1.35. The molecule has 0 aromatic carbocycles. The number of carbonyl (C=O) groups excluding carboxylic acids is 1. The molecule has 0 fully saturated rings. The first-order valence-corrected chi connectivity index (χ1v) is 5.06. The molecule has 0 saturated carbocycles. The number of rotatable bonds is 4. The molecular weight excluding hydrogens is 206 g/mol. The van der Waals surface area contributed by atoms with Gasteiger partial charge in [0.25, 0.3) is 0 Å². The van der Waals surface area contributed by atoms with Gasteiger partial charge in [-0.05, 0) is 25.1 Å². The Morgan fingerprint density at radius 3 is 3.12 bits per heavy atom. The molecule has 2 aromatic rings. The second-order valence-electron chi connectivity index (χ2n) is 3.46. The molecule has 2 heterocycles. The monoisotopic (exact) mass is 219 g/mol. The Hall–Kier alpha value is -2.04. The molecule has 2 aromatic heterocycles. The number of carbonyl (C=O) groups is 1. The van der Waals surface area contributed by atoms with Gasteiger partial charge in [-0.2, -0.15) is 5.10 Å². The van der Waals surface area contributed by atoms with E-state index in [1.165, 1.54) is 0 Å². The highest BCUT2D eigenvalue weighted by molar-refractivity contribution is 5.79. The third-order valence-corrected chi connectivity index (χ3v) is 2.32. The summed E-state index contributed by atoms with van der Waals surface area (Å²) in [6.07, 6.45) is 4.99. The van der Waals surface area contributed by atoms with Gasteiger partial charge in [-0.15, -0.1) is 0 Å². The minimum Gasteiger partial charge on any atom is -0.467 e. The maximum absolute atomic E-state index is 11.7. The van der Waals surface area contributed by atoms with Crippen molar-refractivity contribution in [1.82, 2.24) is 15.1 Å². The fourth-order valence-electron chi connectivity index (χ4n) is 1.36. The molecule has 0 aliphatic rings. The van der Waals surface area contributed by atoms with Gasteiger partial charge >= 0.3 is 0 Å². The Labute approximate surface area is 93.1 Å². The van der Waals surface area contributed by atoms with Gasteiger partial charge in [0.2, 0.25) is 5.91 Å². The Kier molecular flexibility index (Phi) is 3.05. The van der Waals surface area contributed by atoms with Gasteiger partial charge in [-0.25, -0.2) is 0 Å². The van der Waals surface area contributed by atoms with E-state index in [0.717, 1.165) is 5.76 Å². The van der Waals surface area contributed by atoms with Crippen LogP contribution >= 0.6 is 0 Å². The molecule has 5 heteroatoms. The first kappa shape index (κ1) is 10.5. The van der Waals surface area contributed by atoms with Crippen LogP contribution in [0.1, 0.15) is 18.7 Å². The summed E-state index contributed by atoms with van der Waals surface area (Å²) >= 11 is 0. The minimum absolute atomic E-state index is 0.0832. The Morgan fingerprint density at radius 2 is 2.50 bits per heavy atom. The average Bonchev–Trinajstić information content (AvgIpc) is 2.96. The molecule has 0 spiro atoms. The summed E-state index contributed by atoms with van der Waals surface area (Å²) in [6, 6.07) is 5.08. The summed E-state index contributed by atoms with van der Waals surface area (Å²) in [4.78, 5) is 11.7. The smallest absolute Gasteiger partial charge is 0.244 e. The average molecular weight is 219 g/mol. The van der Waals surface area contributed by atoms with Gasteiger partial charge in [0.15, 0.2) is 0 Å². The van der Waals surface area contributed by atoms with Crippen LogP contribution < -0.4 is 5.32 Å². The van der Waals surface area contributed by atoms with E-state index < -0.39 is 0 Å². The lowest BCUT2D eigenvalue weighted by Gasteiger charge is -2.11. The number of aromatic nitrogens is 2. The second kappa shape index (κ2) is 4.65. The van der Waals surface area contributed by atoms with Crippen molar-refractivity contribution in [2.45, 2.75) is 19.5 Å². The summed E-state index contributed by atoms with van der Waals surface area (Å²) in [7, 11) is 0. The molecule has 1 N–H and O–H groups in total. The highest BCUT2D eigenvalue weighted by Crippen LogP contribution is 2.04. The maximum Gasteiger partial charge on any atom is 0.244 e. The highest BCUT2D eigenvalue weighted by atomic mass is 16.3. The van der Waals surface area contributed by atoms with Gasteiger partial charge in [0.05, 0.1) is 12.8 Å². The number of amides is 1. The third kappa shape index (κ3) is 2.31. The molecule has 0 saturated heterocycles. The zero-order chi connectivity index (χ0) is 11.4. The van der Waals surface area contributed by atoms with Crippen molar-refractivity contribution in [3.05, 3.63) is 42.6 Å². The van der Waals surface area contributed by atoms with Crippen LogP contribution in [0.3, 0.4) is 0 Å². The van der Waals surface area contributed by atoms with Gasteiger partial charge in [0.1, 0.15) is 11.8 Å². The van der Waals surface area contributed by atoms with Crippen LogP contribution in [0.4, 0.5) is 0 Å². The van der Waals surface area contributed by atoms with Crippen LogP contribution in [0.15, 0.2) is 41.3 Å². The molecule has 0 aliphatic heterocycles. The van der Waals surface area contributed by atoms with E-state index in [1.54, 1.807) is 42.4 Å². The molecular formula is C11H13N3O2. The summed E-state index contributed by atoms with van der Waals surface area (Å²) < 4.78 is 6.73. The molecule has 0 unspecified atom stereocenters. The topological polar surface area (TPSA) is 60.1 Å². The second-order valence-corrected chi connectivity index (χ2v) is 3.46. The Balaban J connectivity index is 1.89. The molecule has 0 radical (unpaired) electrons. The van der Waals surface area contributed by atoms with Gasteiger partial charge in [0, 0.05) is 12.4 Å². The standard InChI is InChI=1S/C11H13N3O2/c1-9(14-6-3-5-13-14)11(15)12-8-10-4-2-7-16-10/h2-7,9H,8H2,1H3,(H,12,15)/t9-/m0/s1. The largest absolute Gasteiger partial charge is 0.467 e. The summed E-state index contributed by atoms with van der Waals surface area (Å²) in [5, 5.41) is 6.79. The van der Waals surface area contributed by atoms with Crippen molar-refractivity contribution in [2.24, 2.45) is 0 Å².